The SMILES string of the molecule is O=C(OCC=C(F)F)C(=O)N(c1ccccc1)c1ccccc1. The number of nitrogens with zero attached hydrogens (tertiary/aromatic N) is 1. The molecule has 0 bridgehead atoms. The molecule has 0 radical (unpaired) electrons. The summed E-state index contributed by atoms with van der Waals surface area (Å²) in [6.45, 7) is -0.662. The van der Waals surface area contributed by atoms with Crippen molar-refractivity contribution in [1.82, 2.24) is 0 Å². The zero-order chi connectivity index (χ0) is 16.7. The molecule has 2 rings (SSSR count). The molecule has 0 saturated carbocycles. The Labute approximate surface area is 131 Å². The first-order valence-corrected chi connectivity index (χ1v) is 6.72. The van der Waals surface area contributed by atoms with Crippen molar-refractivity contribution in [3.8, 4) is 0 Å². The maximum absolute atomic E-state index is 12.4. The van der Waals surface area contributed by atoms with E-state index in [9.17, 15) is 18.4 Å². The van der Waals surface area contributed by atoms with Crippen molar-refractivity contribution in [3.63, 3.8) is 0 Å². The molecular weight excluding hydrogens is 304 g/mol. The lowest BCUT2D eigenvalue weighted by Crippen LogP contribution is -2.34. The minimum Gasteiger partial charge on any atom is -0.454 e. The smallest absolute Gasteiger partial charge is 0.398 e. The molecule has 118 valence electrons. The van der Waals surface area contributed by atoms with E-state index in [2.05, 4.69) is 4.74 Å². The van der Waals surface area contributed by atoms with Crippen LogP contribution in [0.3, 0.4) is 0 Å². The summed E-state index contributed by atoms with van der Waals surface area (Å²) in [7, 11) is 0. The highest BCUT2D eigenvalue weighted by atomic mass is 19.3. The number of esters is 1. The van der Waals surface area contributed by atoms with Crippen LogP contribution in [0.5, 0.6) is 0 Å². The normalized spacial score (nSPS) is 9.83. The van der Waals surface area contributed by atoms with Crippen LogP contribution in [-0.2, 0) is 14.3 Å². The molecule has 0 heterocycles. The van der Waals surface area contributed by atoms with Crippen LogP contribution in [0.2, 0.25) is 0 Å². The van der Waals surface area contributed by atoms with Crippen molar-refractivity contribution < 1.29 is 23.1 Å². The Balaban J connectivity index is 2.26. The van der Waals surface area contributed by atoms with E-state index in [1.54, 1.807) is 60.7 Å². The summed E-state index contributed by atoms with van der Waals surface area (Å²) in [4.78, 5) is 25.4. The second-order valence-corrected chi connectivity index (χ2v) is 4.40. The minimum absolute atomic E-state index is 0.417. The molecule has 0 N–H and O–H groups in total. The van der Waals surface area contributed by atoms with Gasteiger partial charge in [-0.05, 0) is 24.3 Å². The highest BCUT2D eigenvalue weighted by molar-refractivity contribution is 6.39. The Morgan fingerprint density at radius 1 is 0.913 bits per heavy atom. The van der Waals surface area contributed by atoms with Gasteiger partial charge in [0.1, 0.15) is 6.61 Å². The van der Waals surface area contributed by atoms with E-state index in [0.29, 0.717) is 17.5 Å². The third kappa shape index (κ3) is 4.47. The largest absolute Gasteiger partial charge is 0.454 e. The average molecular weight is 317 g/mol. The molecule has 2 aromatic carbocycles. The second-order valence-electron chi connectivity index (χ2n) is 4.40. The van der Waals surface area contributed by atoms with Crippen molar-refractivity contribution in [3.05, 3.63) is 72.8 Å². The molecule has 0 spiro atoms. The predicted molar refractivity (Wildman–Crippen MR) is 81.3 cm³/mol. The van der Waals surface area contributed by atoms with Gasteiger partial charge in [-0.2, -0.15) is 8.78 Å². The highest BCUT2D eigenvalue weighted by Gasteiger charge is 2.26. The van der Waals surface area contributed by atoms with Gasteiger partial charge in [0.2, 0.25) is 0 Å². The number of hydrogen-bond donors (Lipinski definition) is 0. The Morgan fingerprint density at radius 2 is 1.39 bits per heavy atom. The third-order valence-electron chi connectivity index (χ3n) is 2.86. The Bertz CT molecular complexity index is 659. The van der Waals surface area contributed by atoms with Gasteiger partial charge >= 0.3 is 11.9 Å². The zero-order valence-electron chi connectivity index (χ0n) is 12.0. The van der Waals surface area contributed by atoms with E-state index < -0.39 is 24.6 Å². The van der Waals surface area contributed by atoms with Crippen molar-refractivity contribution in [1.29, 1.82) is 0 Å². The molecule has 6 heteroatoms. The summed E-state index contributed by atoms with van der Waals surface area (Å²) in [5, 5.41) is 0. The first kappa shape index (κ1) is 16.4. The molecule has 2 aromatic rings. The maximum atomic E-state index is 12.4. The van der Waals surface area contributed by atoms with Gasteiger partial charge in [0.05, 0.1) is 0 Å². The summed E-state index contributed by atoms with van der Waals surface area (Å²) >= 11 is 0. The lowest BCUT2D eigenvalue weighted by Gasteiger charge is -2.21. The third-order valence-corrected chi connectivity index (χ3v) is 2.86. The highest BCUT2D eigenvalue weighted by Crippen LogP contribution is 2.25. The number of amides is 1. The van der Waals surface area contributed by atoms with Gasteiger partial charge in [0.25, 0.3) is 6.08 Å². The lowest BCUT2D eigenvalue weighted by atomic mass is 10.2. The van der Waals surface area contributed by atoms with Gasteiger partial charge in [0.15, 0.2) is 0 Å². The number of hydrogen-bond acceptors (Lipinski definition) is 3. The number of ether oxygens (including phenoxy) is 1. The van der Waals surface area contributed by atoms with Gasteiger partial charge in [-0.25, -0.2) is 4.79 Å². The van der Waals surface area contributed by atoms with Crippen LogP contribution < -0.4 is 4.90 Å². The first-order valence-electron chi connectivity index (χ1n) is 6.72. The van der Waals surface area contributed by atoms with E-state index in [1.807, 2.05) is 0 Å². The number of rotatable bonds is 4. The number of carbonyl (C=O) groups excluding carboxylic acids is 2. The standard InChI is InChI=1S/C17H13F2NO3/c18-15(19)11-12-23-17(22)16(21)20(13-7-3-1-4-8-13)14-9-5-2-6-10-14/h1-11H,12H2. The van der Waals surface area contributed by atoms with Gasteiger partial charge < -0.3 is 4.74 Å². The van der Waals surface area contributed by atoms with E-state index in [4.69, 9.17) is 0 Å². The molecule has 0 unspecified atom stereocenters. The van der Waals surface area contributed by atoms with Crippen LogP contribution in [0.15, 0.2) is 72.8 Å². The molecule has 0 atom stereocenters. The topological polar surface area (TPSA) is 46.6 Å². The fraction of sp³-hybridized carbons (Fsp3) is 0.0588. The summed E-state index contributed by atoms with van der Waals surface area (Å²) in [5.74, 6) is -2.18. The van der Waals surface area contributed by atoms with Crippen LogP contribution in [0.1, 0.15) is 0 Å². The molecule has 0 aliphatic rings. The fourth-order valence-corrected chi connectivity index (χ4v) is 1.87. The van der Waals surface area contributed by atoms with Gasteiger partial charge in [0, 0.05) is 17.5 Å². The average Bonchev–Trinajstić information content (AvgIpc) is 2.56. The second kappa shape index (κ2) is 7.84. The minimum atomic E-state index is -1.98. The Kier molecular flexibility index (Phi) is 5.57. The Hall–Kier alpha value is -3.02. The molecule has 0 saturated heterocycles. The molecule has 23 heavy (non-hydrogen) atoms. The summed E-state index contributed by atoms with van der Waals surface area (Å²) in [5.41, 5.74) is 0.931. The first-order chi connectivity index (χ1) is 11.1. The number of benzene rings is 2. The van der Waals surface area contributed by atoms with Crippen LogP contribution in [0, 0.1) is 0 Å². The van der Waals surface area contributed by atoms with Crippen molar-refractivity contribution >= 4 is 23.3 Å². The summed E-state index contributed by atoms with van der Waals surface area (Å²) in [6, 6.07) is 17.0. The van der Waals surface area contributed by atoms with Crippen molar-refractivity contribution in [2.45, 2.75) is 0 Å². The molecule has 0 fully saturated rings. The van der Waals surface area contributed by atoms with Crippen LogP contribution >= 0.6 is 0 Å². The van der Waals surface area contributed by atoms with E-state index in [-0.39, 0.29) is 0 Å². The molecule has 0 aliphatic heterocycles. The van der Waals surface area contributed by atoms with Gasteiger partial charge in [-0.1, -0.05) is 36.4 Å². The molecule has 4 nitrogen and oxygen atoms in total. The lowest BCUT2D eigenvalue weighted by molar-refractivity contribution is -0.152. The molecule has 0 aromatic heterocycles. The van der Waals surface area contributed by atoms with Crippen LogP contribution in [0.25, 0.3) is 0 Å². The predicted octanol–water partition coefficient (Wildman–Crippen LogP) is 3.67. The van der Waals surface area contributed by atoms with E-state index >= 15 is 0 Å². The number of para-hydroxylation sites is 2. The fourth-order valence-electron chi connectivity index (χ4n) is 1.87. The van der Waals surface area contributed by atoms with Gasteiger partial charge in [-0.15, -0.1) is 0 Å². The molecule has 0 aliphatic carbocycles. The zero-order valence-corrected chi connectivity index (χ0v) is 12.0. The number of halogens is 2. The monoisotopic (exact) mass is 317 g/mol. The van der Waals surface area contributed by atoms with E-state index in [1.165, 1.54) is 0 Å². The quantitative estimate of drug-likeness (QED) is 0.638. The Morgan fingerprint density at radius 3 is 1.83 bits per heavy atom. The van der Waals surface area contributed by atoms with Crippen molar-refractivity contribution in [2.75, 3.05) is 11.5 Å². The maximum Gasteiger partial charge on any atom is 0.398 e. The summed E-state index contributed by atoms with van der Waals surface area (Å²) < 4.78 is 28.5. The van der Waals surface area contributed by atoms with Crippen molar-refractivity contribution in [2.24, 2.45) is 0 Å². The number of anilines is 2. The number of carbonyl (C=O) groups is 2. The van der Waals surface area contributed by atoms with Crippen LogP contribution in [0.4, 0.5) is 20.2 Å². The van der Waals surface area contributed by atoms with E-state index in [0.717, 1.165) is 4.90 Å². The van der Waals surface area contributed by atoms with Crippen LogP contribution in [-0.4, -0.2) is 18.5 Å². The molecule has 1 amide bonds. The molecular formula is C17H13F2NO3. The van der Waals surface area contributed by atoms with Gasteiger partial charge in [-0.3, -0.25) is 9.69 Å². The summed E-state index contributed by atoms with van der Waals surface area (Å²) in [6.07, 6.45) is -1.56.